The molecule has 1 aliphatic carbocycles. The highest BCUT2D eigenvalue weighted by atomic mass is 32.1. The van der Waals surface area contributed by atoms with E-state index in [1.165, 1.54) is 0 Å². The molecule has 1 aliphatic rings. The molecule has 1 aromatic heterocycles. The fraction of sp³-hybridized carbons (Fsp3) is 0.818. The number of anilines is 1. The van der Waals surface area contributed by atoms with Crippen molar-refractivity contribution in [2.75, 3.05) is 18.5 Å². The van der Waals surface area contributed by atoms with E-state index in [1.807, 2.05) is 0 Å². The van der Waals surface area contributed by atoms with Gasteiger partial charge in [-0.15, -0.1) is 0 Å². The molecule has 0 aromatic carbocycles. The highest BCUT2D eigenvalue weighted by molar-refractivity contribution is 7.09. The van der Waals surface area contributed by atoms with Crippen LogP contribution in [0.4, 0.5) is 18.3 Å². The van der Waals surface area contributed by atoms with Crippen molar-refractivity contribution < 1.29 is 17.9 Å². The third kappa shape index (κ3) is 4.57. The fourth-order valence-corrected chi connectivity index (χ4v) is 2.66. The third-order valence-corrected chi connectivity index (χ3v) is 3.80. The molecule has 1 saturated carbocycles. The highest BCUT2D eigenvalue weighted by Crippen LogP contribution is 2.28. The van der Waals surface area contributed by atoms with Crippen molar-refractivity contribution in [1.29, 1.82) is 0 Å². The number of ether oxygens (including phenoxy) is 1. The van der Waals surface area contributed by atoms with Gasteiger partial charge in [0.25, 0.3) is 0 Å². The van der Waals surface area contributed by atoms with Gasteiger partial charge in [0, 0.05) is 24.1 Å². The first kappa shape index (κ1) is 15.5. The van der Waals surface area contributed by atoms with Gasteiger partial charge < -0.3 is 15.8 Å². The summed E-state index contributed by atoms with van der Waals surface area (Å²) >= 11 is 0.698. The average Bonchev–Trinajstić information content (AvgIpc) is 2.85. The Morgan fingerprint density at radius 2 is 2.00 bits per heavy atom. The van der Waals surface area contributed by atoms with Crippen molar-refractivity contribution in [2.24, 2.45) is 5.73 Å². The van der Waals surface area contributed by atoms with Crippen LogP contribution >= 0.6 is 11.5 Å². The number of halogens is 3. The molecule has 1 heterocycles. The van der Waals surface area contributed by atoms with Gasteiger partial charge >= 0.3 is 6.18 Å². The number of nitrogens with zero attached hydrogens (tertiary/aromatic N) is 2. The first-order chi connectivity index (χ1) is 9.45. The second kappa shape index (κ2) is 6.68. The zero-order valence-electron chi connectivity index (χ0n) is 10.8. The first-order valence-corrected chi connectivity index (χ1v) is 7.24. The summed E-state index contributed by atoms with van der Waals surface area (Å²) in [4.78, 5) is 3.37. The lowest BCUT2D eigenvalue weighted by Gasteiger charge is -2.26. The van der Waals surface area contributed by atoms with Gasteiger partial charge in [-0.05, 0) is 25.7 Å². The monoisotopic (exact) mass is 310 g/mol. The lowest BCUT2D eigenvalue weighted by Crippen LogP contribution is -2.31. The Labute approximate surface area is 118 Å². The highest BCUT2D eigenvalue weighted by Gasteiger charge is 2.36. The molecule has 0 bridgehead atoms. The van der Waals surface area contributed by atoms with Crippen LogP contribution in [-0.4, -0.2) is 34.7 Å². The Morgan fingerprint density at radius 3 is 2.60 bits per heavy atom. The predicted octanol–water partition coefficient (Wildman–Crippen LogP) is 2.26. The number of nitrogens with two attached hydrogens (primary N) is 1. The number of rotatable bonds is 5. The molecule has 5 nitrogen and oxygen atoms in total. The molecule has 0 radical (unpaired) electrons. The van der Waals surface area contributed by atoms with Crippen LogP contribution in [-0.2, 0) is 10.9 Å². The third-order valence-electron chi connectivity index (χ3n) is 3.13. The van der Waals surface area contributed by atoms with E-state index in [0.717, 1.165) is 25.7 Å². The molecular formula is C11H17F3N4OS. The first-order valence-electron chi connectivity index (χ1n) is 6.47. The molecule has 3 N–H and O–H groups in total. The average molecular weight is 310 g/mol. The summed E-state index contributed by atoms with van der Waals surface area (Å²) in [6.45, 7) is 0.843. The molecule has 0 amide bonds. The summed E-state index contributed by atoms with van der Waals surface area (Å²) in [6.07, 6.45) is -0.478. The molecule has 1 aromatic rings. The van der Waals surface area contributed by atoms with Crippen molar-refractivity contribution in [2.45, 2.75) is 44.0 Å². The van der Waals surface area contributed by atoms with Crippen molar-refractivity contribution >= 4 is 16.7 Å². The number of hydrogen-bond donors (Lipinski definition) is 2. The molecule has 0 spiro atoms. The Hall–Kier alpha value is -0.930. The Morgan fingerprint density at radius 1 is 1.30 bits per heavy atom. The van der Waals surface area contributed by atoms with E-state index < -0.39 is 12.0 Å². The van der Waals surface area contributed by atoms with Gasteiger partial charge in [0.15, 0.2) is 0 Å². The fourth-order valence-electron chi connectivity index (χ4n) is 2.05. The minimum absolute atomic E-state index is 0.159. The van der Waals surface area contributed by atoms with E-state index in [2.05, 4.69) is 14.7 Å². The predicted molar refractivity (Wildman–Crippen MR) is 69.6 cm³/mol. The van der Waals surface area contributed by atoms with Gasteiger partial charge in [-0.2, -0.15) is 22.5 Å². The van der Waals surface area contributed by atoms with Crippen molar-refractivity contribution in [3.8, 4) is 0 Å². The van der Waals surface area contributed by atoms with Gasteiger partial charge in [-0.25, -0.2) is 0 Å². The van der Waals surface area contributed by atoms with Gasteiger partial charge in [0.1, 0.15) is 0 Å². The van der Waals surface area contributed by atoms with Gasteiger partial charge in [-0.1, -0.05) is 0 Å². The lowest BCUT2D eigenvalue weighted by molar-refractivity contribution is -0.144. The largest absolute Gasteiger partial charge is 0.452 e. The summed E-state index contributed by atoms with van der Waals surface area (Å²) in [5, 5.41) is 2.94. The number of nitrogens with one attached hydrogen (secondary N) is 1. The minimum Gasteiger partial charge on any atom is -0.376 e. The molecular weight excluding hydrogens is 293 g/mol. The number of hydrogen-bond acceptors (Lipinski definition) is 6. The van der Waals surface area contributed by atoms with Crippen LogP contribution in [0, 0.1) is 0 Å². The number of aromatic nitrogens is 2. The lowest BCUT2D eigenvalue weighted by atomic mass is 9.94. The van der Waals surface area contributed by atoms with Crippen LogP contribution in [0.25, 0.3) is 0 Å². The molecule has 1 fully saturated rings. The van der Waals surface area contributed by atoms with E-state index in [1.54, 1.807) is 0 Å². The van der Waals surface area contributed by atoms with E-state index in [0.29, 0.717) is 24.7 Å². The van der Waals surface area contributed by atoms with Crippen LogP contribution in [0.3, 0.4) is 0 Å². The molecule has 0 saturated heterocycles. The van der Waals surface area contributed by atoms with E-state index in [4.69, 9.17) is 10.5 Å². The molecule has 20 heavy (non-hydrogen) atoms. The summed E-state index contributed by atoms with van der Waals surface area (Å²) in [5.74, 6) is -1.10. The van der Waals surface area contributed by atoms with Gasteiger partial charge in [0.05, 0.1) is 12.7 Å². The molecule has 0 aliphatic heterocycles. The Kier molecular flexibility index (Phi) is 5.17. The maximum Gasteiger partial charge on any atom is 0.452 e. The van der Waals surface area contributed by atoms with Gasteiger partial charge in [-0.3, -0.25) is 0 Å². The van der Waals surface area contributed by atoms with E-state index in [9.17, 15) is 13.2 Å². The molecule has 114 valence electrons. The number of alkyl halides is 3. The van der Waals surface area contributed by atoms with Crippen molar-refractivity contribution in [3.05, 3.63) is 5.82 Å². The molecule has 9 heteroatoms. The maximum atomic E-state index is 12.3. The quantitative estimate of drug-likeness (QED) is 0.816. The smallest absolute Gasteiger partial charge is 0.376 e. The SMILES string of the molecule is NC1CCC(OCCNc2nc(C(F)(F)F)ns2)CC1. The molecule has 0 unspecified atom stereocenters. The zero-order valence-corrected chi connectivity index (χ0v) is 11.6. The minimum atomic E-state index is -4.49. The van der Waals surface area contributed by atoms with Crippen molar-refractivity contribution in [1.82, 2.24) is 9.36 Å². The van der Waals surface area contributed by atoms with Crippen LogP contribution in [0.1, 0.15) is 31.5 Å². The summed E-state index contributed by atoms with van der Waals surface area (Å²) < 4.78 is 45.7. The maximum absolute atomic E-state index is 12.3. The Bertz CT molecular complexity index is 418. The molecule has 2 rings (SSSR count). The summed E-state index contributed by atoms with van der Waals surface area (Å²) in [6, 6.07) is 0.273. The van der Waals surface area contributed by atoms with Crippen LogP contribution in [0.2, 0.25) is 0 Å². The van der Waals surface area contributed by atoms with Crippen LogP contribution in [0.5, 0.6) is 0 Å². The molecule has 0 atom stereocenters. The van der Waals surface area contributed by atoms with Crippen molar-refractivity contribution in [3.63, 3.8) is 0 Å². The summed E-state index contributed by atoms with van der Waals surface area (Å²) in [7, 11) is 0. The van der Waals surface area contributed by atoms with Crippen LogP contribution in [0.15, 0.2) is 0 Å². The van der Waals surface area contributed by atoms with Gasteiger partial charge in [0.2, 0.25) is 11.0 Å². The second-order valence-electron chi connectivity index (χ2n) is 4.76. The van der Waals surface area contributed by atoms with E-state index in [-0.39, 0.29) is 17.3 Å². The topological polar surface area (TPSA) is 73.1 Å². The summed E-state index contributed by atoms with van der Waals surface area (Å²) in [5.41, 5.74) is 5.79. The normalized spacial score (nSPS) is 23.8. The zero-order chi connectivity index (χ0) is 14.6. The standard InChI is InChI=1S/C11H17F3N4OS/c12-11(13,14)9-17-10(20-18-9)16-5-6-19-8-3-1-7(15)2-4-8/h7-8H,1-6,15H2,(H,16,17,18). The Balaban J connectivity index is 1.65. The van der Waals surface area contributed by atoms with Crippen LogP contribution < -0.4 is 11.1 Å². The van der Waals surface area contributed by atoms with E-state index >= 15 is 0 Å². The second-order valence-corrected chi connectivity index (χ2v) is 5.51.